The molecule has 2 heterocycles. The molecule has 4 rings (SSSR count). The lowest BCUT2D eigenvalue weighted by atomic mass is 9.99. The van der Waals surface area contributed by atoms with Gasteiger partial charge in [0.2, 0.25) is 0 Å². The molecular formula is C19H15ClN2O3. The molecule has 1 aromatic heterocycles. The molecular weight excluding hydrogens is 340 g/mol. The number of amides is 1. The summed E-state index contributed by atoms with van der Waals surface area (Å²) in [6, 6.07) is 10.0. The summed E-state index contributed by atoms with van der Waals surface area (Å²) in [5.74, 6) is -0.536. The van der Waals surface area contributed by atoms with Crippen molar-refractivity contribution in [2.75, 3.05) is 11.4 Å². The Balaban J connectivity index is 1.84. The van der Waals surface area contributed by atoms with Crippen molar-refractivity contribution < 1.29 is 15.0 Å². The van der Waals surface area contributed by atoms with Gasteiger partial charge in [-0.05, 0) is 42.7 Å². The van der Waals surface area contributed by atoms with Crippen LogP contribution in [0.2, 0.25) is 5.02 Å². The molecule has 0 atom stereocenters. The number of phenolic OH excluding ortho intramolecular Hbond substituents is 2. The van der Waals surface area contributed by atoms with Crippen molar-refractivity contribution in [3.05, 3.63) is 58.7 Å². The number of carbonyl (C=O) groups excluding carboxylic acids is 1. The van der Waals surface area contributed by atoms with Gasteiger partial charge in [0.1, 0.15) is 11.3 Å². The van der Waals surface area contributed by atoms with Gasteiger partial charge in [0, 0.05) is 23.2 Å². The van der Waals surface area contributed by atoms with Crippen LogP contribution in [0.5, 0.6) is 11.5 Å². The van der Waals surface area contributed by atoms with E-state index in [2.05, 4.69) is 4.98 Å². The summed E-state index contributed by atoms with van der Waals surface area (Å²) >= 11 is 6.23. The molecule has 3 aromatic rings. The molecule has 1 amide bonds. The lowest BCUT2D eigenvalue weighted by molar-refractivity contribution is 0.0982. The third-order valence-corrected chi connectivity index (χ3v) is 4.86. The zero-order valence-electron chi connectivity index (χ0n) is 13.2. The molecule has 1 aliphatic rings. The average Bonchev–Trinajstić information content (AvgIpc) is 2.64. The smallest absolute Gasteiger partial charge is 0.262 e. The number of fused-ring (bicyclic) bond motifs is 2. The van der Waals surface area contributed by atoms with Crippen LogP contribution in [0, 0.1) is 0 Å². The first-order valence-electron chi connectivity index (χ1n) is 7.97. The Bertz CT molecular complexity index is 1000. The number of halogens is 1. The minimum Gasteiger partial charge on any atom is -0.506 e. The second kappa shape index (κ2) is 5.93. The van der Waals surface area contributed by atoms with Crippen molar-refractivity contribution in [2.24, 2.45) is 0 Å². The maximum Gasteiger partial charge on any atom is 0.262 e. The van der Waals surface area contributed by atoms with E-state index in [-0.39, 0.29) is 23.0 Å². The average molecular weight is 355 g/mol. The molecule has 1 aliphatic heterocycles. The van der Waals surface area contributed by atoms with Crippen LogP contribution in [0.25, 0.3) is 10.9 Å². The van der Waals surface area contributed by atoms with Gasteiger partial charge in [-0.2, -0.15) is 0 Å². The fourth-order valence-electron chi connectivity index (χ4n) is 3.31. The molecule has 25 heavy (non-hydrogen) atoms. The minimum absolute atomic E-state index is 0.00542. The Morgan fingerprint density at radius 3 is 2.84 bits per heavy atom. The van der Waals surface area contributed by atoms with Gasteiger partial charge in [0.25, 0.3) is 5.91 Å². The van der Waals surface area contributed by atoms with Crippen LogP contribution in [-0.2, 0) is 6.42 Å². The largest absolute Gasteiger partial charge is 0.506 e. The SMILES string of the molecule is O=C(c1ccc2cccnc2c1O)N1CCCc2c(Cl)ccc(O)c21. The van der Waals surface area contributed by atoms with E-state index in [1.54, 1.807) is 30.5 Å². The first-order valence-corrected chi connectivity index (χ1v) is 8.34. The lowest BCUT2D eigenvalue weighted by Gasteiger charge is -2.31. The molecule has 0 spiro atoms. The fourth-order valence-corrected chi connectivity index (χ4v) is 3.56. The van der Waals surface area contributed by atoms with E-state index in [0.29, 0.717) is 29.2 Å². The predicted octanol–water partition coefficient (Wildman–Crippen LogP) is 3.89. The summed E-state index contributed by atoms with van der Waals surface area (Å²) in [7, 11) is 0. The predicted molar refractivity (Wildman–Crippen MR) is 96.5 cm³/mol. The van der Waals surface area contributed by atoms with E-state index in [1.807, 2.05) is 6.07 Å². The molecule has 0 fully saturated rings. The third-order valence-electron chi connectivity index (χ3n) is 4.51. The van der Waals surface area contributed by atoms with Crippen LogP contribution in [0.1, 0.15) is 22.3 Å². The number of hydrogen-bond donors (Lipinski definition) is 2. The second-order valence-electron chi connectivity index (χ2n) is 5.99. The fraction of sp³-hybridized carbons (Fsp3) is 0.158. The highest BCUT2D eigenvalue weighted by Crippen LogP contribution is 2.41. The Hall–Kier alpha value is -2.79. The summed E-state index contributed by atoms with van der Waals surface area (Å²) in [5, 5.41) is 22.1. The summed E-state index contributed by atoms with van der Waals surface area (Å²) in [6.45, 7) is 0.444. The Morgan fingerprint density at radius 1 is 1.16 bits per heavy atom. The first kappa shape index (κ1) is 15.7. The minimum atomic E-state index is -0.386. The molecule has 0 radical (unpaired) electrons. The highest BCUT2D eigenvalue weighted by Gasteiger charge is 2.29. The topological polar surface area (TPSA) is 73.7 Å². The third kappa shape index (κ3) is 2.48. The van der Waals surface area contributed by atoms with E-state index >= 15 is 0 Å². The van der Waals surface area contributed by atoms with Crippen LogP contribution in [0.3, 0.4) is 0 Å². The Morgan fingerprint density at radius 2 is 2.00 bits per heavy atom. The van der Waals surface area contributed by atoms with Crippen LogP contribution in [0.15, 0.2) is 42.6 Å². The van der Waals surface area contributed by atoms with E-state index < -0.39 is 0 Å². The summed E-state index contributed by atoms with van der Waals surface area (Å²) < 4.78 is 0. The van der Waals surface area contributed by atoms with Gasteiger partial charge in [-0.25, -0.2) is 0 Å². The van der Waals surface area contributed by atoms with E-state index in [0.717, 1.165) is 17.4 Å². The molecule has 2 aromatic carbocycles. The van der Waals surface area contributed by atoms with Gasteiger partial charge >= 0.3 is 0 Å². The Kier molecular flexibility index (Phi) is 3.73. The number of aromatic nitrogens is 1. The maximum atomic E-state index is 13.1. The normalized spacial score (nSPS) is 13.7. The highest BCUT2D eigenvalue weighted by molar-refractivity contribution is 6.32. The van der Waals surface area contributed by atoms with Crippen molar-refractivity contribution in [3.8, 4) is 11.5 Å². The molecule has 2 N–H and O–H groups in total. The Labute approximate surface area is 149 Å². The molecule has 126 valence electrons. The molecule has 0 unspecified atom stereocenters. The highest BCUT2D eigenvalue weighted by atomic mass is 35.5. The summed E-state index contributed by atoms with van der Waals surface area (Å²) in [4.78, 5) is 18.7. The zero-order valence-corrected chi connectivity index (χ0v) is 14.0. The number of benzene rings is 2. The number of hydrogen-bond acceptors (Lipinski definition) is 4. The number of carbonyl (C=O) groups is 1. The van der Waals surface area contributed by atoms with Gasteiger partial charge in [0.15, 0.2) is 5.75 Å². The molecule has 6 heteroatoms. The van der Waals surface area contributed by atoms with E-state index in [9.17, 15) is 15.0 Å². The maximum absolute atomic E-state index is 13.1. The van der Waals surface area contributed by atoms with Crippen molar-refractivity contribution >= 4 is 34.1 Å². The number of pyridine rings is 1. The van der Waals surface area contributed by atoms with E-state index in [4.69, 9.17) is 11.6 Å². The van der Waals surface area contributed by atoms with Gasteiger partial charge in [-0.1, -0.05) is 23.7 Å². The lowest BCUT2D eigenvalue weighted by Crippen LogP contribution is -2.35. The van der Waals surface area contributed by atoms with Crippen molar-refractivity contribution in [1.82, 2.24) is 4.98 Å². The number of nitrogens with zero attached hydrogens (tertiary/aromatic N) is 2. The van der Waals surface area contributed by atoms with Gasteiger partial charge in [0.05, 0.1) is 11.3 Å². The molecule has 0 aliphatic carbocycles. The molecule has 0 saturated carbocycles. The van der Waals surface area contributed by atoms with Crippen LogP contribution < -0.4 is 4.90 Å². The molecule has 0 saturated heterocycles. The van der Waals surface area contributed by atoms with Crippen molar-refractivity contribution in [2.45, 2.75) is 12.8 Å². The van der Waals surface area contributed by atoms with Crippen molar-refractivity contribution in [3.63, 3.8) is 0 Å². The quantitative estimate of drug-likeness (QED) is 0.695. The number of phenols is 2. The van der Waals surface area contributed by atoms with Crippen LogP contribution >= 0.6 is 11.6 Å². The first-order chi connectivity index (χ1) is 12.1. The second-order valence-corrected chi connectivity index (χ2v) is 6.40. The van der Waals surface area contributed by atoms with Crippen LogP contribution in [0.4, 0.5) is 5.69 Å². The molecule has 0 bridgehead atoms. The summed E-state index contributed by atoms with van der Waals surface area (Å²) in [6.07, 6.45) is 2.99. The number of anilines is 1. The number of rotatable bonds is 1. The van der Waals surface area contributed by atoms with Gasteiger partial charge < -0.3 is 15.1 Å². The van der Waals surface area contributed by atoms with Gasteiger partial charge in [-0.15, -0.1) is 0 Å². The standard InChI is InChI=1S/C19H15ClN2O3/c20-14-7-8-15(23)17-12(14)4-2-10-22(17)19(25)13-6-5-11-3-1-9-21-16(11)18(13)24/h1,3,5-9,23-24H,2,4,10H2. The van der Waals surface area contributed by atoms with Gasteiger partial charge in [-0.3, -0.25) is 9.78 Å². The van der Waals surface area contributed by atoms with E-state index in [1.165, 1.54) is 11.0 Å². The van der Waals surface area contributed by atoms with Crippen molar-refractivity contribution in [1.29, 1.82) is 0 Å². The monoisotopic (exact) mass is 354 g/mol. The zero-order chi connectivity index (χ0) is 17.6. The number of aromatic hydroxyl groups is 2. The molecule has 5 nitrogen and oxygen atoms in total. The van der Waals surface area contributed by atoms with Crippen LogP contribution in [-0.4, -0.2) is 27.6 Å². The summed E-state index contributed by atoms with van der Waals surface area (Å²) in [5.41, 5.74) is 1.70.